The zero-order chi connectivity index (χ0) is 26.8. The van der Waals surface area contributed by atoms with E-state index in [1.54, 1.807) is 0 Å². The highest BCUT2D eigenvalue weighted by Gasteiger charge is 2.20. The lowest BCUT2D eigenvalue weighted by Crippen LogP contribution is -2.39. The van der Waals surface area contributed by atoms with Gasteiger partial charge in [-0.2, -0.15) is 0 Å². The Morgan fingerprint density at radius 2 is 1.43 bits per heavy atom. The Labute approximate surface area is 227 Å². The lowest BCUT2D eigenvalue weighted by molar-refractivity contribution is -0.903. The van der Waals surface area contributed by atoms with E-state index in [2.05, 4.69) is 64.3 Å². The van der Waals surface area contributed by atoms with Crippen LogP contribution in [0.4, 0.5) is 0 Å². The number of ether oxygens (including phenoxy) is 2. The molecule has 0 amide bonds. The summed E-state index contributed by atoms with van der Waals surface area (Å²) in [5, 5.41) is 0. The van der Waals surface area contributed by atoms with E-state index < -0.39 is 6.29 Å². The number of aryl methyl sites for hydroxylation is 1. The number of rotatable bonds is 20. The molecule has 0 saturated heterocycles. The normalized spacial score (nSPS) is 12.3. The van der Waals surface area contributed by atoms with Crippen LogP contribution in [0, 0.1) is 0 Å². The molecule has 2 aromatic rings. The van der Waals surface area contributed by atoms with E-state index in [0.717, 1.165) is 42.6 Å². The number of esters is 1. The first-order valence-corrected chi connectivity index (χ1v) is 14.7. The highest BCUT2D eigenvalue weighted by molar-refractivity contribution is 5.69. The SMILES string of the molecule is CCCCCCCCCCc1ccccc1OC(CCC)OC(=O)CCC[N+](C)(C)Cc1ccccc1. The molecule has 2 rings (SSSR count). The number of nitrogens with zero attached hydrogens (tertiary/aromatic N) is 1. The Balaban J connectivity index is 1.77. The Morgan fingerprint density at radius 1 is 0.784 bits per heavy atom. The second-order valence-electron chi connectivity index (χ2n) is 11.1. The van der Waals surface area contributed by atoms with Crippen LogP contribution in [0.1, 0.15) is 102 Å². The maximum atomic E-state index is 12.7. The number of carbonyl (C=O) groups excluding carboxylic acids is 1. The number of hydrogen-bond acceptors (Lipinski definition) is 3. The van der Waals surface area contributed by atoms with E-state index in [9.17, 15) is 4.79 Å². The molecule has 0 spiro atoms. The van der Waals surface area contributed by atoms with Gasteiger partial charge < -0.3 is 14.0 Å². The van der Waals surface area contributed by atoms with Gasteiger partial charge >= 0.3 is 5.97 Å². The van der Waals surface area contributed by atoms with Crippen molar-refractivity contribution >= 4 is 5.97 Å². The van der Waals surface area contributed by atoms with Gasteiger partial charge in [-0.25, -0.2) is 0 Å². The van der Waals surface area contributed by atoms with Crippen molar-refractivity contribution in [3.63, 3.8) is 0 Å². The van der Waals surface area contributed by atoms with Crippen LogP contribution < -0.4 is 4.74 Å². The summed E-state index contributed by atoms with van der Waals surface area (Å²) in [5.74, 6) is 0.691. The fourth-order valence-electron chi connectivity index (χ4n) is 4.81. The molecule has 0 aliphatic carbocycles. The van der Waals surface area contributed by atoms with Gasteiger partial charge in [-0.05, 0) is 30.9 Å². The lowest BCUT2D eigenvalue weighted by atomic mass is 10.0. The predicted octanol–water partition coefficient (Wildman–Crippen LogP) is 8.47. The van der Waals surface area contributed by atoms with Crippen LogP contribution in [0.3, 0.4) is 0 Å². The van der Waals surface area contributed by atoms with Crippen molar-refractivity contribution in [2.24, 2.45) is 0 Å². The molecule has 4 nitrogen and oxygen atoms in total. The molecule has 1 atom stereocenters. The molecule has 0 radical (unpaired) electrons. The molecule has 0 aliphatic rings. The average Bonchev–Trinajstić information content (AvgIpc) is 2.87. The fraction of sp³-hybridized carbons (Fsp3) is 0.606. The Hall–Kier alpha value is -2.33. The molecule has 206 valence electrons. The molecule has 2 aromatic carbocycles. The summed E-state index contributed by atoms with van der Waals surface area (Å²) in [6.45, 7) is 6.23. The minimum atomic E-state index is -0.524. The molecule has 0 saturated carbocycles. The largest absolute Gasteiger partial charge is 0.455 e. The summed E-state index contributed by atoms with van der Waals surface area (Å²) in [4.78, 5) is 12.7. The van der Waals surface area contributed by atoms with Crippen LogP contribution in [0.15, 0.2) is 54.6 Å². The topological polar surface area (TPSA) is 35.5 Å². The van der Waals surface area contributed by atoms with E-state index in [4.69, 9.17) is 9.47 Å². The molecule has 0 aromatic heterocycles. The summed E-state index contributed by atoms with van der Waals surface area (Å²) in [7, 11) is 4.43. The van der Waals surface area contributed by atoms with E-state index in [1.165, 1.54) is 62.5 Å². The molecule has 0 fully saturated rings. The summed E-state index contributed by atoms with van der Waals surface area (Å²) >= 11 is 0. The van der Waals surface area contributed by atoms with Gasteiger partial charge in [0, 0.05) is 18.4 Å². The second-order valence-corrected chi connectivity index (χ2v) is 11.1. The van der Waals surface area contributed by atoms with Crippen LogP contribution >= 0.6 is 0 Å². The predicted molar refractivity (Wildman–Crippen MR) is 155 cm³/mol. The van der Waals surface area contributed by atoms with E-state index in [0.29, 0.717) is 12.8 Å². The Kier molecular flexibility index (Phi) is 15.0. The minimum Gasteiger partial charge on any atom is -0.455 e. The summed E-state index contributed by atoms with van der Waals surface area (Å²) < 4.78 is 12.9. The standard InChI is InChI=1S/C33H52NO3/c1-5-7-8-9-10-11-12-16-23-30-24-17-18-25-31(30)36-33(20-6-2)37-32(35)26-19-27-34(3,4)28-29-21-14-13-15-22-29/h13-15,17-18,21-22,24-25,33H,5-12,16,19-20,23,26-28H2,1-4H3/q+1. The van der Waals surface area contributed by atoms with Crippen molar-refractivity contribution in [2.75, 3.05) is 20.6 Å². The smallest absolute Gasteiger partial charge is 0.309 e. The number of benzene rings is 2. The molecule has 0 aliphatic heterocycles. The van der Waals surface area contributed by atoms with Gasteiger partial charge in [0.05, 0.1) is 27.1 Å². The lowest BCUT2D eigenvalue weighted by Gasteiger charge is -2.30. The van der Waals surface area contributed by atoms with Crippen molar-refractivity contribution in [3.05, 3.63) is 65.7 Å². The highest BCUT2D eigenvalue weighted by Crippen LogP contribution is 2.24. The van der Waals surface area contributed by atoms with Crippen molar-refractivity contribution in [2.45, 2.75) is 110 Å². The van der Waals surface area contributed by atoms with E-state index in [1.807, 2.05) is 18.2 Å². The van der Waals surface area contributed by atoms with Gasteiger partial charge in [0.15, 0.2) is 0 Å². The maximum Gasteiger partial charge on any atom is 0.309 e. The number of para-hydroxylation sites is 1. The highest BCUT2D eigenvalue weighted by atomic mass is 16.7. The summed E-state index contributed by atoms with van der Waals surface area (Å²) in [5.41, 5.74) is 2.53. The Morgan fingerprint density at radius 3 is 2.14 bits per heavy atom. The molecular weight excluding hydrogens is 458 g/mol. The van der Waals surface area contributed by atoms with Crippen LogP contribution in [0.2, 0.25) is 0 Å². The monoisotopic (exact) mass is 510 g/mol. The van der Waals surface area contributed by atoms with Gasteiger partial charge in [0.25, 0.3) is 0 Å². The van der Waals surface area contributed by atoms with Gasteiger partial charge in [0.2, 0.25) is 6.29 Å². The first-order valence-electron chi connectivity index (χ1n) is 14.7. The third kappa shape index (κ3) is 13.7. The van der Waals surface area contributed by atoms with E-state index >= 15 is 0 Å². The quantitative estimate of drug-likeness (QED) is 0.0775. The number of quaternary nitrogens is 1. The number of carbonyl (C=O) groups is 1. The number of unbranched alkanes of at least 4 members (excludes halogenated alkanes) is 7. The zero-order valence-corrected chi connectivity index (χ0v) is 24.1. The van der Waals surface area contributed by atoms with Gasteiger partial charge in [0.1, 0.15) is 12.3 Å². The molecule has 0 N–H and O–H groups in total. The molecule has 0 bridgehead atoms. The minimum absolute atomic E-state index is 0.168. The van der Waals surface area contributed by atoms with Gasteiger partial charge in [-0.1, -0.05) is 107 Å². The van der Waals surface area contributed by atoms with Gasteiger partial charge in [-0.3, -0.25) is 4.79 Å². The van der Waals surface area contributed by atoms with Crippen LogP contribution in [-0.2, 0) is 22.5 Å². The summed E-state index contributed by atoms with van der Waals surface area (Å²) in [6, 6.07) is 18.8. The van der Waals surface area contributed by atoms with Crippen molar-refractivity contribution in [3.8, 4) is 5.75 Å². The van der Waals surface area contributed by atoms with Gasteiger partial charge in [-0.15, -0.1) is 0 Å². The van der Waals surface area contributed by atoms with Crippen molar-refractivity contribution in [1.29, 1.82) is 0 Å². The first kappa shape index (κ1) is 30.9. The molecule has 4 heteroatoms. The Bertz CT molecular complexity index is 865. The third-order valence-corrected chi connectivity index (χ3v) is 6.92. The van der Waals surface area contributed by atoms with Crippen LogP contribution in [-0.4, -0.2) is 37.4 Å². The van der Waals surface area contributed by atoms with E-state index in [-0.39, 0.29) is 5.97 Å². The van der Waals surface area contributed by atoms with Crippen molar-refractivity contribution in [1.82, 2.24) is 0 Å². The van der Waals surface area contributed by atoms with Crippen LogP contribution in [0.25, 0.3) is 0 Å². The fourth-order valence-corrected chi connectivity index (χ4v) is 4.81. The first-order chi connectivity index (χ1) is 17.9. The molecular formula is C33H52NO3+. The zero-order valence-electron chi connectivity index (χ0n) is 24.1. The van der Waals surface area contributed by atoms with Crippen LogP contribution in [0.5, 0.6) is 5.75 Å². The number of hydrogen-bond donors (Lipinski definition) is 0. The molecule has 37 heavy (non-hydrogen) atoms. The van der Waals surface area contributed by atoms with Crippen molar-refractivity contribution < 1.29 is 18.8 Å². The molecule has 1 unspecified atom stereocenters. The maximum absolute atomic E-state index is 12.7. The average molecular weight is 511 g/mol. The third-order valence-electron chi connectivity index (χ3n) is 6.92. The summed E-state index contributed by atoms with van der Waals surface area (Å²) in [6.07, 6.45) is 13.8. The molecule has 0 heterocycles. The second kappa shape index (κ2) is 18.0.